The lowest BCUT2D eigenvalue weighted by atomic mass is 9.97. The third-order valence-corrected chi connectivity index (χ3v) is 7.05. The van der Waals surface area contributed by atoms with Crippen LogP contribution in [0.15, 0.2) is 47.4 Å². The number of alkyl halides is 3. The summed E-state index contributed by atoms with van der Waals surface area (Å²) in [6.07, 6.45) is -4.51. The molecule has 1 saturated heterocycles. The summed E-state index contributed by atoms with van der Waals surface area (Å²) in [5.41, 5.74) is 0.685. The molecule has 0 aromatic heterocycles. The first kappa shape index (κ1) is 26.1. The lowest BCUT2D eigenvalue weighted by Gasteiger charge is -2.40. The van der Waals surface area contributed by atoms with Crippen LogP contribution in [-0.2, 0) is 11.0 Å². The summed E-state index contributed by atoms with van der Waals surface area (Å²) in [5.74, 6) is -0.784. The van der Waals surface area contributed by atoms with E-state index in [0.29, 0.717) is 42.0 Å². The maximum absolute atomic E-state index is 13.1. The summed E-state index contributed by atoms with van der Waals surface area (Å²) in [7, 11) is -9.75. The second-order valence-electron chi connectivity index (χ2n) is 8.51. The lowest BCUT2D eigenvalue weighted by Crippen LogP contribution is -2.49. The van der Waals surface area contributed by atoms with Gasteiger partial charge in [0.25, 0.3) is 0 Å². The normalized spacial score (nSPS) is 18.3. The highest BCUT2D eigenvalue weighted by atomic mass is 32.5. The van der Waals surface area contributed by atoms with Crippen LogP contribution in [0.5, 0.6) is 0 Å². The van der Waals surface area contributed by atoms with E-state index in [1.54, 1.807) is 23.6 Å². The van der Waals surface area contributed by atoms with Crippen molar-refractivity contribution in [3.63, 3.8) is 0 Å². The van der Waals surface area contributed by atoms with Gasteiger partial charge in [-0.05, 0) is 48.2 Å². The molecule has 1 amide bonds. The molecule has 0 unspecified atom stereocenters. The maximum atomic E-state index is 13.1. The van der Waals surface area contributed by atoms with Crippen molar-refractivity contribution in [1.29, 1.82) is 0 Å². The van der Waals surface area contributed by atoms with E-state index >= 15 is 0 Å². The van der Waals surface area contributed by atoms with Crippen molar-refractivity contribution in [3.8, 4) is 0 Å². The van der Waals surface area contributed by atoms with Crippen LogP contribution >= 0.6 is 10.2 Å². The molecular weight excluding hydrogens is 492 g/mol. The van der Waals surface area contributed by atoms with Crippen LogP contribution in [0, 0.1) is 6.92 Å². The van der Waals surface area contributed by atoms with Crippen molar-refractivity contribution < 1.29 is 37.4 Å². The molecule has 0 aliphatic carbocycles. The number of nitrogens with zero attached hydrogens (tertiary/aromatic N) is 2. The van der Waals surface area contributed by atoms with E-state index in [9.17, 15) is 37.4 Å². The van der Waals surface area contributed by atoms with Gasteiger partial charge in [0.2, 0.25) is 5.91 Å². The number of hydrogen-bond donors (Lipinski definition) is 0. The first-order valence-electron chi connectivity index (χ1n) is 10.4. The molecule has 12 heteroatoms. The first-order chi connectivity index (χ1) is 15.3. The van der Waals surface area contributed by atoms with Crippen molar-refractivity contribution in [3.05, 3.63) is 59.2 Å². The number of carbonyl (C=O) groups excluding carboxylic acids is 1. The molecule has 0 radical (unpaired) electrons. The number of carbonyl (C=O) groups is 1. The van der Waals surface area contributed by atoms with E-state index < -0.39 is 32.8 Å². The van der Waals surface area contributed by atoms with Crippen molar-refractivity contribution in [2.45, 2.75) is 37.3 Å². The van der Waals surface area contributed by atoms with E-state index in [2.05, 4.69) is 0 Å². The standard InChI is InChI=1S/C22H24F8N2OS/c1-15-3-6-18(22(23,24)25)14-20(15)31-9-11-32(12-10-31)21(33)13-16(2)17-4-7-19(8-5-17)34(26,27,28,29)30/h3-8,14,16H,9-13H2,1-2H3/t16-/m1/s1. The van der Waals surface area contributed by atoms with Crippen LogP contribution in [0.25, 0.3) is 0 Å². The molecule has 1 heterocycles. The summed E-state index contributed by atoms with van der Waals surface area (Å²) in [4.78, 5) is 14.0. The minimum atomic E-state index is -9.75. The molecule has 0 spiro atoms. The number of piperazine rings is 1. The average molecular weight is 516 g/mol. The Hall–Kier alpha value is -2.50. The monoisotopic (exact) mass is 516 g/mol. The minimum Gasteiger partial charge on any atom is -0.368 e. The second kappa shape index (κ2) is 8.03. The number of benzene rings is 2. The quantitative estimate of drug-likeness (QED) is 0.384. The van der Waals surface area contributed by atoms with E-state index in [0.717, 1.165) is 24.3 Å². The molecule has 3 rings (SSSR count). The maximum Gasteiger partial charge on any atom is 0.416 e. The number of anilines is 1. The molecule has 1 aliphatic rings. The first-order valence-corrected chi connectivity index (χ1v) is 12.3. The predicted octanol–water partition coefficient (Wildman–Crippen LogP) is 7.51. The summed E-state index contributed by atoms with van der Waals surface area (Å²) < 4.78 is 104. The van der Waals surface area contributed by atoms with Crippen LogP contribution < -0.4 is 4.90 Å². The van der Waals surface area contributed by atoms with Crippen molar-refractivity contribution >= 4 is 21.8 Å². The minimum absolute atomic E-state index is 0.0433. The Labute approximate surface area is 192 Å². The Balaban J connectivity index is 1.61. The molecule has 0 saturated carbocycles. The highest BCUT2D eigenvalue weighted by Gasteiger charge is 2.65. The third kappa shape index (κ3) is 6.13. The number of halogens is 8. The largest absolute Gasteiger partial charge is 0.416 e. The van der Waals surface area contributed by atoms with Gasteiger partial charge in [-0.1, -0.05) is 44.6 Å². The van der Waals surface area contributed by atoms with E-state index in [4.69, 9.17) is 0 Å². The zero-order valence-electron chi connectivity index (χ0n) is 18.4. The molecule has 0 N–H and O–H groups in total. The predicted molar refractivity (Wildman–Crippen MR) is 116 cm³/mol. The van der Waals surface area contributed by atoms with Crippen LogP contribution in [-0.4, -0.2) is 37.0 Å². The van der Waals surface area contributed by atoms with Crippen LogP contribution in [0.1, 0.15) is 36.0 Å². The highest BCUT2D eigenvalue weighted by molar-refractivity contribution is 8.45. The van der Waals surface area contributed by atoms with Crippen molar-refractivity contribution in [1.82, 2.24) is 4.90 Å². The topological polar surface area (TPSA) is 23.6 Å². The van der Waals surface area contributed by atoms with Gasteiger partial charge in [0.15, 0.2) is 0 Å². The van der Waals surface area contributed by atoms with Gasteiger partial charge in [-0.15, -0.1) is 0 Å². The zero-order valence-corrected chi connectivity index (χ0v) is 19.2. The van der Waals surface area contributed by atoms with Crippen molar-refractivity contribution in [2.75, 3.05) is 31.1 Å². The molecular formula is C22H24F8N2OS. The zero-order chi connectivity index (χ0) is 25.6. The smallest absolute Gasteiger partial charge is 0.368 e. The van der Waals surface area contributed by atoms with Gasteiger partial charge >= 0.3 is 16.4 Å². The van der Waals surface area contributed by atoms with Crippen molar-refractivity contribution in [2.24, 2.45) is 0 Å². The molecule has 2 aromatic carbocycles. The molecule has 3 nitrogen and oxygen atoms in total. The van der Waals surface area contributed by atoms with Gasteiger partial charge in [-0.2, -0.15) is 13.2 Å². The second-order valence-corrected chi connectivity index (χ2v) is 10.9. The van der Waals surface area contributed by atoms with Crippen LogP contribution in [0.4, 0.5) is 38.3 Å². The van der Waals surface area contributed by atoms with E-state index in [1.807, 2.05) is 0 Å². The highest BCUT2D eigenvalue weighted by Crippen LogP contribution is 3.02. The summed E-state index contributed by atoms with van der Waals surface area (Å²) in [5, 5.41) is 0. The van der Waals surface area contributed by atoms with Crippen LogP contribution in [0.2, 0.25) is 0 Å². The number of hydrogen-bond acceptors (Lipinski definition) is 2. The van der Waals surface area contributed by atoms with Gasteiger partial charge in [0.05, 0.1) is 5.56 Å². The van der Waals surface area contributed by atoms with Gasteiger partial charge in [0.1, 0.15) is 4.90 Å². The Kier molecular flexibility index (Phi) is 6.17. The molecule has 2 aromatic rings. The van der Waals surface area contributed by atoms with Gasteiger partial charge in [0, 0.05) is 38.3 Å². The van der Waals surface area contributed by atoms with E-state index in [-0.39, 0.29) is 25.4 Å². The fraction of sp³-hybridized carbons (Fsp3) is 0.409. The Morgan fingerprint density at radius 2 is 1.50 bits per heavy atom. The Bertz CT molecular complexity index is 1060. The molecule has 1 atom stereocenters. The van der Waals surface area contributed by atoms with Crippen LogP contribution in [0.3, 0.4) is 0 Å². The molecule has 0 bridgehead atoms. The van der Waals surface area contributed by atoms with E-state index in [1.165, 1.54) is 6.07 Å². The molecule has 34 heavy (non-hydrogen) atoms. The molecule has 190 valence electrons. The fourth-order valence-electron chi connectivity index (χ4n) is 3.89. The summed E-state index contributed by atoms with van der Waals surface area (Å²) >= 11 is 0. The summed E-state index contributed by atoms with van der Waals surface area (Å²) in [6, 6.07) is 6.05. The van der Waals surface area contributed by atoms with Gasteiger partial charge in [-0.25, -0.2) is 0 Å². The third-order valence-electron chi connectivity index (χ3n) is 5.88. The SMILES string of the molecule is Cc1ccc(C(F)(F)F)cc1N1CCN(C(=O)C[C@@H](C)c2ccc(S(F)(F)(F)(F)F)cc2)CC1. The lowest BCUT2D eigenvalue weighted by molar-refractivity contribution is -0.137. The number of aryl methyl sites for hydroxylation is 1. The number of rotatable bonds is 5. The molecule has 1 fully saturated rings. The Morgan fingerprint density at radius 3 is 2.00 bits per heavy atom. The number of amides is 1. The summed E-state index contributed by atoms with van der Waals surface area (Å²) in [6.45, 7) is 4.49. The van der Waals surface area contributed by atoms with Gasteiger partial charge < -0.3 is 9.80 Å². The fourth-order valence-corrected chi connectivity index (χ4v) is 4.54. The average Bonchev–Trinajstić information content (AvgIpc) is 2.72. The Morgan fingerprint density at radius 1 is 0.941 bits per heavy atom. The molecule has 1 aliphatic heterocycles. The van der Waals surface area contributed by atoms with Gasteiger partial charge in [-0.3, -0.25) is 4.79 Å².